The van der Waals surface area contributed by atoms with Gasteiger partial charge in [0.15, 0.2) is 5.13 Å². The first-order valence-corrected chi connectivity index (χ1v) is 10.9. The monoisotopic (exact) mass is 452 g/mol. The minimum atomic E-state index is -3.90. The predicted molar refractivity (Wildman–Crippen MR) is 108 cm³/mol. The minimum absolute atomic E-state index is 0.0640. The van der Waals surface area contributed by atoms with E-state index in [0.717, 1.165) is 16.9 Å². The van der Waals surface area contributed by atoms with E-state index >= 15 is 0 Å². The van der Waals surface area contributed by atoms with Crippen LogP contribution >= 0.6 is 34.5 Å². The van der Waals surface area contributed by atoms with Crippen LogP contribution in [0.15, 0.2) is 63.3 Å². The van der Waals surface area contributed by atoms with Gasteiger partial charge in [-0.2, -0.15) is 4.98 Å². The van der Waals surface area contributed by atoms with E-state index in [1.807, 2.05) is 30.3 Å². The third-order valence-electron chi connectivity index (χ3n) is 3.55. The maximum atomic E-state index is 12.5. The van der Waals surface area contributed by atoms with Crippen molar-refractivity contribution in [3.05, 3.63) is 64.0 Å². The van der Waals surface area contributed by atoms with Crippen LogP contribution in [0.3, 0.4) is 0 Å². The largest absolute Gasteiger partial charge is 0.332 e. The third-order valence-corrected chi connectivity index (χ3v) is 6.19. The van der Waals surface area contributed by atoms with Crippen molar-refractivity contribution in [3.63, 3.8) is 0 Å². The summed E-state index contributed by atoms with van der Waals surface area (Å²) in [6.45, 7) is 0. The molecular formula is C17H10Cl2N4O3S2. The Bertz CT molecular complexity index is 1220. The highest BCUT2D eigenvalue weighted by Gasteiger charge is 2.19. The number of benzene rings is 2. The number of rotatable bonds is 5. The summed E-state index contributed by atoms with van der Waals surface area (Å²) in [4.78, 5) is 8.44. The number of anilines is 1. The predicted octanol–water partition coefficient (Wildman–Crippen LogP) is 4.97. The molecule has 0 aliphatic heterocycles. The number of aromatic nitrogens is 3. The van der Waals surface area contributed by atoms with E-state index in [9.17, 15) is 8.42 Å². The Balaban J connectivity index is 1.57. The molecule has 0 aliphatic rings. The summed E-state index contributed by atoms with van der Waals surface area (Å²) < 4.78 is 32.7. The minimum Gasteiger partial charge on any atom is -0.332 e. The Morgan fingerprint density at radius 1 is 1.00 bits per heavy atom. The average Bonchev–Trinajstić information content (AvgIpc) is 3.31. The van der Waals surface area contributed by atoms with Crippen LogP contribution in [0.1, 0.15) is 0 Å². The zero-order chi connectivity index (χ0) is 19.7. The summed E-state index contributed by atoms with van der Waals surface area (Å²) in [5.41, 5.74) is 1.16. The molecule has 0 bridgehead atoms. The number of halogens is 2. The van der Waals surface area contributed by atoms with E-state index in [1.54, 1.807) is 5.38 Å². The number of nitrogens with zero attached hydrogens (tertiary/aromatic N) is 3. The van der Waals surface area contributed by atoms with Crippen molar-refractivity contribution in [2.75, 3.05) is 4.72 Å². The van der Waals surface area contributed by atoms with Crippen molar-refractivity contribution in [1.82, 2.24) is 15.1 Å². The number of sulfonamides is 1. The van der Waals surface area contributed by atoms with Gasteiger partial charge in [-0.25, -0.2) is 13.4 Å². The summed E-state index contributed by atoms with van der Waals surface area (Å²) in [7, 11) is -3.90. The van der Waals surface area contributed by atoms with Gasteiger partial charge in [-0.15, -0.1) is 11.3 Å². The molecule has 28 heavy (non-hydrogen) atoms. The number of hydrogen-bond acceptors (Lipinski definition) is 7. The Labute approximate surface area is 174 Å². The van der Waals surface area contributed by atoms with Gasteiger partial charge in [0, 0.05) is 21.0 Å². The van der Waals surface area contributed by atoms with Crippen LogP contribution in [-0.4, -0.2) is 23.5 Å². The van der Waals surface area contributed by atoms with Gasteiger partial charge in [-0.3, -0.25) is 4.72 Å². The molecule has 0 atom stereocenters. The van der Waals surface area contributed by atoms with Gasteiger partial charge < -0.3 is 4.52 Å². The summed E-state index contributed by atoms with van der Waals surface area (Å²) in [5.74, 6) is 0.602. The molecule has 0 amide bonds. The van der Waals surface area contributed by atoms with E-state index in [1.165, 1.54) is 18.2 Å². The SMILES string of the molecule is O=S(=O)(Nc1nc(-c2nc(-c3ccccc3)no2)cs1)c1cc(Cl)cc(Cl)c1. The fraction of sp³-hybridized carbons (Fsp3) is 0. The molecule has 0 radical (unpaired) electrons. The van der Waals surface area contributed by atoms with Crippen molar-refractivity contribution < 1.29 is 12.9 Å². The quantitative estimate of drug-likeness (QED) is 0.458. The van der Waals surface area contributed by atoms with Crippen molar-refractivity contribution in [1.29, 1.82) is 0 Å². The fourth-order valence-electron chi connectivity index (χ4n) is 2.31. The van der Waals surface area contributed by atoms with E-state index in [-0.39, 0.29) is 26.0 Å². The van der Waals surface area contributed by atoms with Gasteiger partial charge in [0.1, 0.15) is 5.69 Å². The van der Waals surface area contributed by atoms with Gasteiger partial charge in [0.25, 0.3) is 15.9 Å². The number of nitrogens with one attached hydrogen (secondary N) is 1. The molecule has 0 spiro atoms. The summed E-state index contributed by atoms with van der Waals surface area (Å²) in [6, 6.07) is 13.4. The summed E-state index contributed by atoms with van der Waals surface area (Å²) in [6.07, 6.45) is 0. The van der Waals surface area contributed by atoms with Crippen LogP contribution in [0.25, 0.3) is 23.0 Å². The fourth-order valence-corrected chi connectivity index (χ4v) is 4.97. The van der Waals surface area contributed by atoms with Gasteiger partial charge in [0.05, 0.1) is 4.90 Å². The smallest absolute Gasteiger partial charge is 0.277 e. The van der Waals surface area contributed by atoms with Gasteiger partial charge in [0.2, 0.25) is 5.82 Å². The standard InChI is InChI=1S/C17H10Cl2N4O3S2/c18-11-6-12(19)8-13(7-11)28(24,25)23-17-20-14(9-27-17)16-21-15(22-26-16)10-4-2-1-3-5-10/h1-9H,(H,20,23). The lowest BCUT2D eigenvalue weighted by atomic mass is 10.2. The van der Waals surface area contributed by atoms with Crippen LogP contribution in [0.2, 0.25) is 10.0 Å². The molecule has 2 aromatic heterocycles. The highest BCUT2D eigenvalue weighted by atomic mass is 35.5. The highest BCUT2D eigenvalue weighted by Crippen LogP contribution is 2.28. The van der Waals surface area contributed by atoms with E-state index in [0.29, 0.717) is 11.5 Å². The summed E-state index contributed by atoms with van der Waals surface area (Å²) in [5, 5.41) is 6.11. The molecule has 0 saturated carbocycles. The lowest BCUT2D eigenvalue weighted by molar-refractivity contribution is 0.431. The first kappa shape index (κ1) is 18.9. The molecule has 0 fully saturated rings. The van der Waals surface area contributed by atoms with Crippen molar-refractivity contribution in [2.24, 2.45) is 0 Å². The second-order valence-electron chi connectivity index (χ2n) is 5.54. The van der Waals surface area contributed by atoms with Crippen molar-refractivity contribution in [2.45, 2.75) is 4.90 Å². The van der Waals surface area contributed by atoms with Gasteiger partial charge in [-0.05, 0) is 18.2 Å². The molecule has 0 unspecified atom stereocenters. The molecule has 0 aliphatic carbocycles. The third kappa shape index (κ3) is 4.02. The Morgan fingerprint density at radius 3 is 2.43 bits per heavy atom. The Morgan fingerprint density at radius 2 is 1.71 bits per heavy atom. The second-order valence-corrected chi connectivity index (χ2v) is 8.95. The van der Waals surface area contributed by atoms with Crippen LogP contribution in [-0.2, 0) is 10.0 Å². The molecule has 2 aromatic carbocycles. The molecule has 142 valence electrons. The molecule has 0 saturated heterocycles. The van der Waals surface area contributed by atoms with Crippen LogP contribution < -0.4 is 4.72 Å². The maximum absolute atomic E-state index is 12.5. The molecule has 11 heteroatoms. The number of hydrogen-bond donors (Lipinski definition) is 1. The van der Waals surface area contributed by atoms with Gasteiger partial charge in [-0.1, -0.05) is 58.7 Å². The highest BCUT2D eigenvalue weighted by molar-refractivity contribution is 7.93. The van der Waals surface area contributed by atoms with Crippen LogP contribution in [0, 0.1) is 0 Å². The Kier molecular flexibility index (Phi) is 5.07. The lowest BCUT2D eigenvalue weighted by Gasteiger charge is -2.06. The molecule has 4 rings (SSSR count). The second kappa shape index (κ2) is 7.51. The maximum Gasteiger partial charge on any atom is 0.277 e. The first-order valence-electron chi connectivity index (χ1n) is 7.75. The summed E-state index contributed by atoms with van der Waals surface area (Å²) >= 11 is 12.8. The van der Waals surface area contributed by atoms with Crippen LogP contribution in [0.4, 0.5) is 5.13 Å². The molecule has 7 nitrogen and oxygen atoms in total. The molecular weight excluding hydrogens is 443 g/mol. The first-order chi connectivity index (χ1) is 13.4. The van der Waals surface area contributed by atoms with E-state index < -0.39 is 10.0 Å². The zero-order valence-electron chi connectivity index (χ0n) is 13.8. The van der Waals surface area contributed by atoms with E-state index in [4.69, 9.17) is 27.7 Å². The number of thiazole rings is 1. The van der Waals surface area contributed by atoms with Crippen molar-refractivity contribution >= 4 is 49.7 Å². The lowest BCUT2D eigenvalue weighted by Crippen LogP contribution is -2.12. The zero-order valence-corrected chi connectivity index (χ0v) is 17.0. The Hall–Kier alpha value is -2.46. The molecule has 4 aromatic rings. The molecule has 1 N–H and O–H groups in total. The van der Waals surface area contributed by atoms with Crippen LogP contribution in [0.5, 0.6) is 0 Å². The topological polar surface area (TPSA) is 98.0 Å². The van der Waals surface area contributed by atoms with Gasteiger partial charge >= 0.3 is 0 Å². The van der Waals surface area contributed by atoms with Crippen molar-refractivity contribution in [3.8, 4) is 23.0 Å². The average molecular weight is 453 g/mol. The molecule has 2 heterocycles. The van der Waals surface area contributed by atoms with E-state index in [2.05, 4.69) is 19.8 Å². The normalized spacial score (nSPS) is 11.5.